The van der Waals surface area contributed by atoms with Crippen molar-refractivity contribution in [3.8, 4) is 11.3 Å². The molecule has 31 heavy (non-hydrogen) atoms. The fraction of sp³-hybridized carbons (Fsp3) is 0.318. The van der Waals surface area contributed by atoms with Gasteiger partial charge in [0.1, 0.15) is 0 Å². The van der Waals surface area contributed by atoms with E-state index in [1.807, 2.05) is 42.5 Å². The first kappa shape index (κ1) is 23.3. The Kier molecular flexibility index (Phi) is 8.48. The van der Waals surface area contributed by atoms with Gasteiger partial charge in [-0.05, 0) is 18.2 Å². The van der Waals surface area contributed by atoms with Gasteiger partial charge in [-0.25, -0.2) is 5.10 Å². The van der Waals surface area contributed by atoms with Crippen molar-refractivity contribution in [2.45, 2.75) is 0 Å². The van der Waals surface area contributed by atoms with Gasteiger partial charge in [0, 0.05) is 42.0 Å². The van der Waals surface area contributed by atoms with E-state index in [2.05, 4.69) is 20.4 Å². The van der Waals surface area contributed by atoms with Crippen LogP contribution in [-0.4, -0.2) is 65.4 Å². The molecule has 1 fully saturated rings. The molecule has 4 rings (SSSR count). The highest BCUT2D eigenvalue weighted by molar-refractivity contribution is 7.99. The number of carbonyl (C=O) groups excluding carboxylic acids is 1. The number of rotatable bonds is 7. The van der Waals surface area contributed by atoms with Gasteiger partial charge in [-0.1, -0.05) is 30.3 Å². The van der Waals surface area contributed by atoms with Crippen LogP contribution in [0.15, 0.2) is 53.3 Å². The van der Waals surface area contributed by atoms with Gasteiger partial charge in [-0.3, -0.25) is 14.5 Å². The number of anilines is 1. The molecule has 0 radical (unpaired) electrons. The molecule has 1 saturated heterocycles. The maximum absolute atomic E-state index is 12.3. The van der Waals surface area contributed by atoms with E-state index in [4.69, 9.17) is 4.74 Å². The average Bonchev–Trinajstić information content (AvgIpc) is 2.78. The summed E-state index contributed by atoms with van der Waals surface area (Å²) in [4.78, 5) is 26.7. The number of fused-ring (bicyclic) bond motifs is 1. The molecule has 0 aliphatic carbocycles. The van der Waals surface area contributed by atoms with Crippen LogP contribution in [0.5, 0.6) is 0 Å². The zero-order valence-electron chi connectivity index (χ0n) is 17.0. The van der Waals surface area contributed by atoms with Crippen LogP contribution in [0, 0.1) is 0 Å². The standard InChI is InChI=1S/C22H24N4O3S.ClH/c27-20(15-30-13-10-26-8-11-29-12-9-26)23-17-5-3-4-16(14-17)21-18-6-1-2-7-19(18)22(28)25-24-21;/h1-7,14H,8-13,15H2,(H,23,27)(H,25,28);1H. The summed E-state index contributed by atoms with van der Waals surface area (Å²) in [6.45, 7) is 4.49. The summed E-state index contributed by atoms with van der Waals surface area (Å²) in [5.41, 5.74) is 2.01. The number of morpholine rings is 1. The number of aromatic nitrogens is 2. The van der Waals surface area contributed by atoms with E-state index in [9.17, 15) is 9.59 Å². The summed E-state index contributed by atoms with van der Waals surface area (Å²) < 4.78 is 5.35. The predicted octanol–water partition coefficient (Wildman–Crippen LogP) is 3.02. The lowest BCUT2D eigenvalue weighted by Crippen LogP contribution is -2.37. The maximum atomic E-state index is 12.3. The highest BCUT2D eigenvalue weighted by Crippen LogP contribution is 2.26. The van der Waals surface area contributed by atoms with Gasteiger partial charge in [0.25, 0.3) is 5.56 Å². The second kappa shape index (κ2) is 11.3. The minimum Gasteiger partial charge on any atom is -0.379 e. The fourth-order valence-electron chi connectivity index (χ4n) is 3.46. The molecule has 2 heterocycles. The van der Waals surface area contributed by atoms with Crippen molar-refractivity contribution in [3.63, 3.8) is 0 Å². The number of H-pyrrole nitrogens is 1. The number of thioether (sulfide) groups is 1. The van der Waals surface area contributed by atoms with Crippen LogP contribution < -0.4 is 10.9 Å². The van der Waals surface area contributed by atoms with Crippen LogP contribution in [0.4, 0.5) is 5.69 Å². The summed E-state index contributed by atoms with van der Waals surface area (Å²) in [5.74, 6) is 1.30. The molecule has 0 spiro atoms. The second-order valence-electron chi connectivity index (χ2n) is 7.08. The highest BCUT2D eigenvalue weighted by atomic mass is 35.5. The number of nitrogens with one attached hydrogen (secondary N) is 2. The first-order valence-electron chi connectivity index (χ1n) is 9.96. The van der Waals surface area contributed by atoms with E-state index in [1.54, 1.807) is 17.8 Å². The Labute approximate surface area is 191 Å². The summed E-state index contributed by atoms with van der Waals surface area (Å²) in [6, 6.07) is 14.9. The van der Waals surface area contributed by atoms with Crippen LogP contribution in [0.1, 0.15) is 0 Å². The Morgan fingerprint density at radius 1 is 1.13 bits per heavy atom. The van der Waals surface area contributed by atoms with E-state index in [0.29, 0.717) is 22.5 Å². The number of hydrogen-bond donors (Lipinski definition) is 2. The van der Waals surface area contributed by atoms with Crippen molar-refractivity contribution in [3.05, 3.63) is 58.9 Å². The van der Waals surface area contributed by atoms with Gasteiger partial charge in [-0.2, -0.15) is 16.9 Å². The predicted molar refractivity (Wildman–Crippen MR) is 128 cm³/mol. The summed E-state index contributed by atoms with van der Waals surface area (Å²) in [5, 5.41) is 11.1. The third kappa shape index (κ3) is 6.07. The molecule has 7 nitrogen and oxygen atoms in total. The monoisotopic (exact) mass is 460 g/mol. The van der Waals surface area contributed by atoms with Crippen LogP contribution >= 0.6 is 24.2 Å². The molecular formula is C22H25ClN4O3S. The molecule has 1 aliphatic rings. The second-order valence-corrected chi connectivity index (χ2v) is 8.19. The smallest absolute Gasteiger partial charge is 0.272 e. The molecule has 0 bridgehead atoms. The van der Waals surface area contributed by atoms with Crippen LogP contribution in [0.3, 0.4) is 0 Å². The van der Waals surface area contributed by atoms with E-state index in [1.165, 1.54) is 0 Å². The lowest BCUT2D eigenvalue weighted by Gasteiger charge is -2.26. The first-order valence-corrected chi connectivity index (χ1v) is 11.1. The van der Waals surface area contributed by atoms with Crippen molar-refractivity contribution < 1.29 is 9.53 Å². The van der Waals surface area contributed by atoms with Gasteiger partial charge in [-0.15, -0.1) is 12.4 Å². The van der Waals surface area contributed by atoms with Crippen LogP contribution in [0.25, 0.3) is 22.0 Å². The lowest BCUT2D eigenvalue weighted by molar-refractivity contribution is -0.113. The summed E-state index contributed by atoms with van der Waals surface area (Å²) in [7, 11) is 0. The Balaban J connectivity index is 0.00000272. The molecule has 2 aromatic carbocycles. The largest absolute Gasteiger partial charge is 0.379 e. The number of halogens is 1. The number of carbonyl (C=O) groups is 1. The van der Waals surface area contributed by atoms with Crippen molar-refractivity contribution in [2.24, 2.45) is 0 Å². The number of amides is 1. The van der Waals surface area contributed by atoms with Crippen molar-refractivity contribution in [2.75, 3.05) is 49.7 Å². The van der Waals surface area contributed by atoms with Crippen LogP contribution in [0.2, 0.25) is 0 Å². The SMILES string of the molecule is Cl.O=C(CSCCN1CCOCC1)Nc1cccc(-c2n[nH]c(=O)c3ccccc23)c1. The third-order valence-corrected chi connectivity index (χ3v) is 5.94. The quantitative estimate of drug-likeness (QED) is 0.527. The zero-order valence-corrected chi connectivity index (χ0v) is 18.6. The van der Waals surface area contributed by atoms with Gasteiger partial charge in [0.05, 0.1) is 30.0 Å². The third-order valence-electron chi connectivity index (χ3n) is 5.00. The minimum absolute atomic E-state index is 0. The molecular weight excluding hydrogens is 436 g/mol. The fourth-order valence-corrected chi connectivity index (χ4v) is 4.25. The molecule has 1 aliphatic heterocycles. The molecule has 3 aromatic rings. The summed E-state index contributed by atoms with van der Waals surface area (Å²) >= 11 is 1.63. The van der Waals surface area contributed by atoms with Crippen molar-refractivity contribution in [1.82, 2.24) is 15.1 Å². The van der Waals surface area contributed by atoms with Crippen LogP contribution in [-0.2, 0) is 9.53 Å². The van der Waals surface area contributed by atoms with E-state index < -0.39 is 0 Å². The van der Waals surface area contributed by atoms with Crippen molar-refractivity contribution in [1.29, 1.82) is 0 Å². The minimum atomic E-state index is -0.215. The molecule has 1 aromatic heterocycles. The number of ether oxygens (including phenoxy) is 1. The molecule has 0 saturated carbocycles. The Bertz CT molecular complexity index is 1090. The molecule has 2 N–H and O–H groups in total. The normalized spacial score (nSPS) is 14.2. The summed E-state index contributed by atoms with van der Waals surface area (Å²) in [6.07, 6.45) is 0. The highest BCUT2D eigenvalue weighted by Gasteiger charge is 2.11. The number of aromatic amines is 1. The number of nitrogens with zero attached hydrogens (tertiary/aromatic N) is 2. The molecule has 0 unspecified atom stereocenters. The zero-order chi connectivity index (χ0) is 20.8. The molecule has 1 amide bonds. The molecule has 0 atom stereocenters. The topological polar surface area (TPSA) is 87.3 Å². The Morgan fingerprint density at radius 3 is 2.71 bits per heavy atom. The lowest BCUT2D eigenvalue weighted by atomic mass is 10.0. The van der Waals surface area contributed by atoms with Gasteiger partial charge in [0.15, 0.2) is 0 Å². The average molecular weight is 461 g/mol. The van der Waals surface area contributed by atoms with Gasteiger partial charge < -0.3 is 10.1 Å². The van der Waals surface area contributed by atoms with E-state index >= 15 is 0 Å². The molecule has 164 valence electrons. The molecule has 9 heteroatoms. The van der Waals surface area contributed by atoms with E-state index in [0.717, 1.165) is 49.6 Å². The number of benzene rings is 2. The Morgan fingerprint density at radius 2 is 1.90 bits per heavy atom. The Hall–Kier alpha value is -2.39. The maximum Gasteiger partial charge on any atom is 0.272 e. The van der Waals surface area contributed by atoms with Crippen molar-refractivity contribution >= 4 is 46.5 Å². The number of hydrogen-bond acceptors (Lipinski definition) is 6. The van der Waals surface area contributed by atoms with E-state index in [-0.39, 0.29) is 23.9 Å². The van der Waals surface area contributed by atoms with Gasteiger partial charge in [0.2, 0.25) is 5.91 Å². The van der Waals surface area contributed by atoms with Gasteiger partial charge >= 0.3 is 0 Å². The first-order chi connectivity index (χ1) is 14.7.